The second-order valence-corrected chi connectivity index (χ2v) is 5.25. The van der Waals surface area contributed by atoms with Crippen molar-refractivity contribution in [3.8, 4) is 0 Å². The average molecular weight is 299 g/mol. The Morgan fingerprint density at radius 2 is 2.25 bits per heavy atom. The molecule has 2 rings (SSSR count). The normalized spacial score (nSPS) is 19.9. The van der Waals surface area contributed by atoms with E-state index < -0.39 is 4.92 Å². The standard InChI is InChI=1S/C12H15ClN4O3/c1-8-7-16(4-3-15(8)2)12(18)9-5-11(13)14-6-10(9)17(19)20/h5-6,8H,3-4,7H2,1-2H3. The summed E-state index contributed by atoms with van der Waals surface area (Å²) in [6.45, 7) is 3.82. The fourth-order valence-corrected chi connectivity index (χ4v) is 2.30. The zero-order valence-corrected chi connectivity index (χ0v) is 12.0. The summed E-state index contributed by atoms with van der Waals surface area (Å²) in [4.78, 5) is 30.2. The number of rotatable bonds is 2. The Labute approximate surface area is 121 Å². The van der Waals surface area contributed by atoms with Crippen LogP contribution in [0.1, 0.15) is 17.3 Å². The topological polar surface area (TPSA) is 79.6 Å². The van der Waals surface area contributed by atoms with Gasteiger partial charge in [-0.05, 0) is 20.0 Å². The number of pyridine rings is 1. The maximum atomic E-state index is 12.4. The highest BCUT2D eigenvalue weighted by atomic mass is 35.5. The number of piperazine rings is 1. The van der Waals surface area contributed by atoms with E-state index in [1.807, 2.05) is 14.0 Å². The summed E-state index contributed by atoms with van der Waals surface area (Å²) in [6, 6.07) is 1.47. The fourth-order valence-electron chi connectivity index (χ4n) is 2.14. The fraction of sp³-hybridized carbons (Fsp3) is 0.500. The average Bonchev–Trinajstić information content (AvgIpc) is 2.40. The molecular formula is C12H15ClN4O3. The smallest absolute Gasteiger partial charge is 0.300 e. The van der Waals surface area contributed by atoms with Crippen molar-refractivity contribution >= 4 is 23.2 Å². The minimum Gasteiger partial charge on any atom is -0.336 e. The van der Waals surface area contributed by atoms with Gasteiger partial charge in [0.15, 0.2) is 0 Å². The number of aromatic nitrogens is 1. The highest BCUT2D eigenvalue weighted by molar-refractivity contribution is 6.29. The van der Waals surface area contributed by atoms with E-state index in [2.05, 4.69) is 9.88 Å². The van der Waals surface area contributed by atoms with Crippen LogP contribution in [-0.2, 0) is 0 Å². The van der Waals surface area contributed by atoms with Crippen molar-refractivity contribution in [2.75, 3.05) is 26.7 Å². The van der Waals surface area contributed by atoms with Crippen molar-refractivity contribution in [3.05, 3.63) is 33.1 Å². The van der Waals surface area contributed by atoms with Gasteiger partial charge in [0.05, 0.1) is 4.92 Å². The molecule has 2 heterocycles. The quantitative estimate of drug-likeness (QED) is 0.469. The van der Waals surface area contributed by atoms with Gasteiger partial charge >= 0.3 is 0 Å². The number of carbonyl (C=O) groups excluding carboxylic acids is 1. The van der Waals surface area contributed by atoms with Gasteiger partial charge in [0.25, 0.3) is 11.6 Å². The molecular weight excluding hydrogens is 284 g/mol. The number of amides is 1. The zero-order chi connectivity index (χ0) is 14.9. The third-order valence-corrected chi connectivity index (χ3v) is 3.73. The van der Waals surface area contributed by atoms with Crippen LogP contribution in [0.4, 0.5) is 5.69 Å². The third kappa shape index (κ3) is 2.88. The molecule has 1 fully saturated rings. The van der Waals surface area contributed by atoms with Crippen LogP contribution in [0.3, 0.4) is 0 Å². The Hall–Kier alpha value is -1.73. The molecule has 7 nitrogen and oxygen atoms in total. The molecule has 1 aliphatic rings. The molecule has 0 bridgehead atoms. The molecule has 108 valence electrons. The number of likely N-dealkylation sites (N-methyl/N-ethyl adjacent to an activating group) is 1. The van der Waals surface area contributed by atoms with Crippen LogP contribution < -0.4 is 0 Å². The van der Waals surface area contributed by atoms with Crippen molar-refractivity contribution in [2.24, 2.45) is 0 Å². The zero-order valence-electron chi connectivity index (χ0n) is 11.2. The van der Waals surface area contributed by atoms with Crippen molar-refractivity contribution in [3.63, 3.8) is 0 Å². The van der Waals surface area contributed by atoms with Crippen molar-refractivity contribution in [1.82, 2.24) is 14.8 Å². The Balaban J connectivity index is 2.29. The minimum absolute atomic E-state index is 0.00764. The molecule has 20 heavy (non-hydrogen) atoms. The Morgan fingerprint density at radius 3 is 2.85 bits per heavy atom. The van der Waals surface area contributed by atoms with Gasteiger partial charge in [-0.15, -0.1) is 0 Å². The largest absolute Gasteiger partial charge is 0.336 e. The van der Waals surface area contributed by atoms with Crippen LogP contribution in [0.25, 0.3) is 0 Å². The monoisotopic (exact) mass is 298 g/mol. The summed E-state index contributed by atoms with van der Waals surface area (Å²) in [5.74, 6) is -0.374. The summed E-state index contributed by atoms with van der Waals surface area (Å²) in [5, 5.41) is 11.1. The molecule has 1 amide bonds. The second kappa shape index (κ2) is 5.72. The van der Waals surface area contributed by atoms with E-state index in [1.165, 1.54) is 6.07 Å². The Bertz CT molecular complexity index is 552. The number of halogens is 1. The molecule has 0 N–H and O–H groups in total. The third-order valence-electron chi connectivity index (χ3n) is 3.52. The summed E-state index contributed by atoms with van der Waals surface area (Å²) < 4.78 is 0. The van der Waals surface area contributed by atoms with Gasteiger partial charge in [-0.1, -0.05) is 11.6 Å². The molecule has 0 radical (unpaired) electrons. The molecule has 8 heteroatoms. The van der Waals surface area contributed by atoms with E-state index >= 15 is 0 Å². The first-order valence-electron chi connectivity index (χ1n) is 6.19. The van der Waals surface area contributed by atoms with Gasteiger partial charge in [-0.25, -0.2) is 4.98 Å². The number of nitrogens with zero attached hydrogens (tertiary/aromatic N) is 4. The summed E-state index contributed by atoms with van der Waals surface area (Å²) in [7, 11) is 1.98. The number of hydrogen-bond acceptors (Lipinski definition) is 5. The van der Waals surface area contributed by atoms with Gasteiger partial charge in [0.2, 0.25) is 0 Å². The maximum absolute atomic E-state index is 12.4. The van der Waals surface area contributed by atoms with Crippen molar-refractivity contribution < 1.29 is 9.72 Å². The Morgan fingerprint density at radius 1 is 1.55 bits per heavy atom. The predicted molar refractivity (Wildman–Crippen MR) is 73.9 cm³/mol. The second-order valence-electron chi connectivity index (χ2n) is 4.86. The summed E-state index contributed by atoms with van der Waals surface area (Å²) in [5.41, 5.74) is -0.322. The van der Waals surface area contributed by atoms with E-state index in [9.17, 15) is 14.9 Å². The van der Waals surface area contributed by atoms with Gasteiger partial charge < -0.3 is 9.80 Å². The lowest BCUT2D eigenvalue weighted by molar-refractivity contribution is -0.385. The van der Waals surface area contributed by atoms with Gasteiger partial charge in [0.1, 0.15) is 16.9 Å². The molecule has 0 saturated carbocycles. The number of nitro groups is 1. The molecule has 0 spiro atoms. The van der Waals surface area contributed by atoms with Crippen LogP contribution in [0.15, 0.2) is 12.3 Å². The van der Waals surface area contributed by atoms with Crippen LogP contribution in [0.2, 0.25) is 5.15 Å². The van der Waals surface area contributed by atoms with Crippen LogP contribution in [0.5, 0.6) is 0 Å². The molecule has 1 aromatic rings. The highest BCUT2D eigenvalue weighted by Gasteiger charge is 2.29. The van der Waals surface area contributed by atoms with E-state index in [1.54, 1.807) is 4.90 Å². The molecule has 1 unspecified atom stereocenters. The minimum atomic E-state index is -0.615. The lowest BCUT2D eigenvalue weighted by Crippen LogP contribution is -2.52. The highest BCUT2D eigenvalue weighted by Crippen LogP contribution is 2.23. The molecule has 1 aliphatic heterocycles. The molecule has 0 aliphatic carbocycles. The molecule has 1 saturated heterocycles. The van der Waals surface area contributed by atoms with Gasteiger partial charge in [-0.3, -0.25) is 14.9 Å². The van der Waals surface area contributed by atoms with E-state index in [4.69, 9.17) is 11.6 Å². The lowest BCUT2D eigenvalue weighted by atomic mass is 10.1. The van der Waals surface area contributed by atoms with E-state index in [-0.39, 0.29) is 28.4 Å². The van der Waals surface area contributed by atoms with Crippen LogP contribution >= 0.6 is 11.6 Å². The van der Waals surface area contributed by atoms with Crippen LogP contribution in [-0.4, -0.2) is 58.3 Å². The first kappa shape index (κ1) is 14.7. The molecule has 0 aromatic carbocycles. The number of carbonyl (C=O) groups is 1. The maximum Gasteiger partial charge on any atom is 0.300 e. The number of hydrogen-bond donors (Lipinski definition) is 0. The first-order valence-corrected chi connectivity index (χ1v) is 6.57. The summed E-state index contributed by atoms with van der Waals surface area (Å²) in [6.07, 6.45) is 1.02. The van der Waals surface area contributed by atoms with Crippen molar-refractivity contribution in [1.29, 1.82) is 0 Å². The lowest BCUT2D eigenvalue weighted by Gasteiger charge is -2.37. The Kier molecular flexibility index (Phi) is 4.20. The van der Waals surface area contributed by atoms with Gasteiger partial charge in [-0.2, -0.15) is 0 Å². The molecule has 1 aromatic heterocycles. The SMILES string of the molecule is CC1CN(C(=O)c2cc(Cl)ncc2[N+](=O)[O-])CCN1C. The first-order chi connectivity index (χ1) is 9.40. The predicted octanol–water partition coefficient (Wildman–Crippen LogP) is 1.42. The van der Waals surface area contributed by atoms with Crippen LogP contribution in [0, 0.1) is 10.1 Å². The molecule has 1 atom stereocenters. The van der Waals surface area contributed by atoms with Crippen molar-refractivity contribution in [2.45, 2.75) is 13.0 Å². The summed E-state index contributed by atoms with van der Waals surface area (Å²) >= 11 is 5.74. The van der Waals surface area contributed by atoms with E-state index in [0.29, 0.717) is 13.1 Å². The van der Waals surface area contributed by atoms with E-state index in [0.717, 1.165) is 12.7 Å². The van der Waals surface area contributed by atoms with Gasteiger partial charge in [0, 0.05) is 25.7 Å².